The topological polar surface area (TPSA) is 49.3 Å². The summed E-state index contributed by atoms with van der Waals surface area (Å²) in [6.45, 7) is 0.861. The monoisotopic (exact) mass is 181 g/mol. The van der Waals surface area contributed by atoms with Gasteiger partial charge in [0.05, 0.1) is 6.10 Å². The maximum atomic E-state index is 11.1. The average molecular weight is 181 g/mol. The number of hydrogen-bond acceptors (Lipinski definition) is 2. The van der Waals surface area contributed by atoms with Crippen molar-refractivity contribution in [3.8, 4) is 0 Å². The standard InChI is InChI=1S/C10H15NO2/c12-7-1-6-3-10(8(6)2-7)4-9(13)11-5-10/h6-8,12H,1-5H2,(H,11,13)/t6-,7?,8-,10?/m1/s1. The Kier molecular flexibility index (Phi) is 1.36. The minimum absolute atomic E-state index is 0.0925. The number of carbonyl (C=O) groups excluding carboxylic acids is 1. The molecule has 0 aromatic heterocycles. The molecule has 72 valence electrons. The van der Waals surface area contributed by atoms with Crippen molar-refractivity contribution >= 4 is 5.91 Å². The van der Waals surface area contributed by atoms with E-state index in [-0.39, 0.29) is 17.4 Å². The van der Waals surface area contributed by atoms with Gasteiger partial charge in [-0.05, 0) is 36.5 Å². The van der Waals surface area contributed by atoms with Gasteiger partial charge in [-0.3, -0.25) is 4.79 Å². The Hall–Kier alpha value is -0.570. The van der Waals surface area contributed by atoms with E-state index in [1.54, 1.807) is 0 Å². The second kappa shape index (κ2) is 2.27. The third kappa shape index (κ3) is 0.909. The van der Waals surface area contributed by atoms with Gasteiger partial charge in [-0.15, -0.1) is 0 Å². The summed E-state index contributed by atoms with van der Waals surface area (Å²) in [5.41, 5.74) is 0.249. The Morgan fingerprint density at radius 3 is 2.92 bits per heavy atom. The van der Waals surface area contributed by atoms with E-state index in [1.807, 2.05) is 0 Å². The van der Waals surface area contributed by atoms with Crippen LogP contribution in [0.2, 0.25) is 0 Å². The van der Waals surface area contributed by atoms with Crippen molar-refractivity contribution in [1.82, 2.24) is 5.32 Å². The van der Waals surface area contributed by atoms with Gasteiger partial charge >= 0.3 is 0 Å². The first kappa shape index (κ1) is 7.80. The molecule has 1 aliphatic heterocycles. The molecule has 1 spiro atoms. The molecular weight excluding hydrogens is 166 g/mol. The second-order valence-electron chi connectivity index (χ2n) is 5.01. The highest BCUT2D eigenvalue weighted by Crippen LogP contribution is 2.61. The zero-order valence-corrected chi connectivity index (χ0v) is 7.62. The molecule has 3 nitrogen and oxygen atoms in total. The fourth-order valence-electron chi connectivity index (χ4n) is 3.71. The molecule has 0 aromatic rings. The van der Waals surface area contributed by atoms with E-state index in [2.05, 4.69) is 5.32 Å². The average Bonchev–Trinajstić information content (AvgIpc) is 2.56. The van der Waals surface area contributed by atoms with Crippen molar-refractivity contribution in [3.05, 3.63) is 0 Å². The summed E-state index contributed by atoms with van der Waals surface area (Å²) in [5.74, 6) is 1.55. The Balaban J connectivity index is 1.79. The summed E-state index contributed by atoms with van der Waals surface area (Å²) in [6.07, 6.45) is 3.68. The summed E-state index contributed by atoms with van der Waals surface area (Å²) >= 11 is 0. The minimum atomic E-state index is -0.0925. The third-order valence-electron chi connectivity index (χ3n) is 4.28. The Bertz CT molecular complexity index is 266. The fraction of sp³-hybridized carbons (Fsp3) is 0.900. The van der Waals surface area contributed by atoms with E-state index in [0.29, 0.717) is 18.3 Å². The molecule has 1 heterocycles. The summed E-state index contributed by atoms with van der Waals surface area (Å²) < 4.78 is 0. The summed E-state index contributed by atoms with van der Waals surface area (Å²) in [6, 6.07) is 0. The smallest absolute Gasteiger partial charge is 0.220 e. The Labute approximate surface area is 77.5 Å². The molecule has 13 heavy (non-hydrogen) atoms. The minimum Gasteiger partial charge on any atom is -0.393 e. The predicted molar refractivity (Wildman–Crippen MR) is 46.9 cm³/mol. The van der Waals surface area contributed by atoms with Gasteiger partial charge in [0.2, 0.25) is 5.91 Å². The molecule has 3 aliphatic rings. The molecular formula is C10H15NO2. The van der Waals surface area contributed by atoms with Crippen molar-refractivity contribution in [2.75, 3.05) is 6.54 Å². The van der Waals surface area contributed by atoms with Crippen molar-refractivity contribution < 1.29 is 9.90 Å². The van der Waals surface area contributed by atoms with Gasteiger partial charge in [-0.25, -0.2) is 0 Å². The van der Waals surface area contributed by atoms with E-state index in [4.69, 9.17) is 0 Å². The summed E-state index contributed by atoms with van der Waals surface area (Å²) in [5, 5.41) is 12.4. The molecule has 2 unspecified atom stereocenters. The van der Waals surface area contributed by atoms with Crippen LogP contribution in [-0.4, -0.2) is 23.7 Å². The van der Waals surface area contributed by atoms with Crippen LogP contribution in [0.3, 0.4) is 0 Å². The highest BCUT2D eigenvalue weighted by Gasteiger charge is 2.59. The molecule has 1 amide bonds. The molecule has 2 saturated carbocycles. The molecule has 2 aliphatic carbocycles. The molecule has 0 radical (unpaired) electrons. The number of aliphatic hydroxyl groups excluding tert-OH is 1. The van der Waals surface area contributed by atoms with Gasteiger partial charge in [-0.1, -0.05) is 0 Å². The molecule has 4 atom stereocenters. The van der Waals surface area contributed by atoms with Crippen LogP contribution in [0.1, 0.15) is 25.7 Å². The van der Waals surface area contributed by atoms with Crippen LogP contribution in [0.5, 0.6) is 0 Å². The van der Waals surface area contributed by atoms with Crippen molar-refractivity contribution in [3.63, 3.8) is 0 Å². The van der Waals surface area contributed by atoms with Gasteiger partial charge in [0.15, 0.2) is 0 Å². The van der Waals surface area contributed by atoms with Crippen molar-refractivity contribution in [1.29, 1.82) is 0 Å². The van der Waals surface area contributed by atoms with E-state index in [9.17, 15) is 9.90 Å². The van der Waals surface area contributed by atoms with Gasteiger partial charge in [0, 0.05) is 13.0 Å². The van der Waals surface area contributed by atoms with E-state index >= 15 is 0 Å². The van der Waals surface area contributed by atoms with Crippen LogP contribution in [0.25, 0.3) is 0 Å². The molecule has 0 aromatic carbocycles. The first-order valence-electron chi connectivity index (χ1n) is 5.14. The molecule has 1 saturated heterocycles. The summed E-state index contributed by atoms with van der Waals surface area (Å²) in [4.78, 5) is 11.1. The zero-order chi connectivity index (χ0) is 9.05. The molecule has 2 N–H and O–H groups in total. The van der Waals surface area contributed by atoms with Crippen LogP contribution in [-0.2, 0) is 4.79 Å². The third-order valence-corrected chi connectivity index (χ3v) is 4.28. The molecule has 3 rings (SSSR count). The van der Waals surface area contributed by atoms with Crippen molar-refractivity contribution in [2.24, 2.45) is 17.3 Å². The van der Waals surface area contributed by atoms with E-state index < -0.39 is 0 Å². The number of hydrogen-bond donors (Lipinski definition) is 2. The Morgan fingerprint density at radius 2 is 2.31 bits per heavy atom. The SMILES string of the molecule is O=C1CC2(CN1)C[C@H]1CC(O)C[C@H]12. The van der Waals surface area contributed by atoms with Crippen molar-refractivity contribution in [2.45, 2.75) is 31.8 Å². The number of rotatable bonds is 0. The number of amides is 1. The maximum Gasteiger partial charge on any atom is 0.220 e. The maximum absolute atomic E-state index is 11.1. The number of nitrogens with one attached hydrogen (secondary N) is 1. The van der Waals surface area contributed by atoms with Crippen LogP contribution in [0.15, 0.2) is 0 Å². The lowest BCUT2D eigenvalue weighted by atomic mass is 9.54. The number of fused-ring (bicyclic) bond motifs is 2. The normalized spacial score (nSPS) is 53.3. The van der Waals surface area contributed by atoms with Gasteiger partial charge in [0.25, 0.3) is 0 Å². The quantitative estimate of drug-likeness (QED) is 0.564. The van der Waals surface area contributed by atoms with Gasteiger partial charge in [0.1, 0.15) is 0 Å². The predicted octanol–water partition coefficient (Wildman–Crippen LogP) is 0.283. The highest BCUT2D eigenvalue weighted by atomic mass is 16.3. The first-order chi connectivity index (χ1) is 6.20. The lowest BCUT2D eigenvalue weighted by Crippen LogP contribution is -2.46. The molecule has 0 bridgehead atoms. The molecule has 3 heteroatoms. The van der Waals surface area contributed by atoms with Crippen LogP contribution in [0, 0.1) is 17.3 Å². The fourth-order valence-corrected chi connectivity index (χ4v) is 3.71. The summed E-state index contributed by atoms with van der Waals surface area (Å²) in [7, 11) is 0. The lowest BCUT2D eigenvalue weighted by molar-refractivity contribution is -0.121. The largest absolute Gasteiger partial charge is 0.393 e. The first-order valence-corrected chi connectivity index (χ1v) is 5.14. The lowest BCUT2D eigenvalue weighted by Gasteiger charge is -2.49. The van der Waals surface area contributed by atoms with Crippen LogP contribution >= 0.6 is 0 Å². The number of carbonyl (C=O) groups is 1. The second-order valence-corrected chi connectivity index (χ2v) is 5.01. The van der Waals surface area contributed by atoms with E-state index in [1.165, 1.54) is 0 Å². The zero-order valence-electron chi connectivity index (χ0n) is 7.62. The molecule has 3 fully saturated rings. The van der Waals surface area contributed by atoms with Gasteiger partial charge < -0.3 is 10.4 Å². The van der Waals surface area contributed by atoms with Gasteiger partial charge in [-0.2, -0.15) is 0 Å². The Morgan fingerprint density at radius 1 is 1.46 bits per heavy atom. The highest BCUT2D eigenvalue weighted by molar-refractivity contribution is 5.79. The van der Waals surface area contributed by atoms with Crippen LogP contribution in [0.4, 0.5) is 0 Å². The van der Waals surface area contributed by atoms with Crippen LogP contribution < -0.4 is 5.32 Å². The van der Waals surface area contributed by atoms with E-state index in [0.717, 1.165) is 25.8 Å². The number of aliphatic hydroxyl groups is 1.